The van der Waals surface area contributed by atoms with Crippen LogP contribution < -0.4 is 16.0 Å². The number of hydrogen-bond acceptors (Lipinski definition) is 5. The monoisotopic (exact) mass is 455 g/mol. The van der Waals surface area contributed by atoms with E-state index in [2.05, 4.69) is 25.8 Å². The van der Waals surface area contributed by atoms with Crippen LogP contribution >= 0.6 is 11.3 Å². The largest absolute Gasteiger partial charge is 0.350 e. The summed E-state index contributed by atoms with van der Waals surface area (Å²) in [5, 5.41) is 9.13. The molecule has 0 spiro atoms. The molecule has 2 aromatic rings. The van der Waals surface area contributed by atoms with E-state index in [0.717, 1.165) is 31.1 Å². The van der Waals surface area contributed by atoms with E-state index in [-0.39, 0.29) is 18.0 Å². The molecule has 1 aromatic carbocycles. The van der Waals surface area contributed by atoms with Crippen molar-refractivity contribution >= 4 is 34.1 Å². The molecule has 7 nitrogen and oxygen atoms in total. The number of para-hydroxylation sites is 1. The highest BCUT2D eigenvalue weighted by molar-refractivity contribution is 7.15. The number of carbonyl (C=O) groups excluding carboxylic acids is 2. The number of thiazole rings is 1. The van der Waals surface area contributed by atoms with Gasteiger partial charge in [0.2, 0.25) is 0 Å². The van der Waals surface area contributed by atoms with Gasteiger partial charge in [-0.3, -0.25) is 15.0 Å². The van der Waals surface area contributed by atoms with Crippen LogP contribution in [0, 0.1) is 5.92 Å². The highest BCUT2D eigenvalue weighted by atomic mass is 32.1. The lowest BCUT2D eigenvalue weighted by Crippen LogP contribution is -2.34. The molecule has 8 heteroatoms. The van der Waals surface area contributed by atoms with Gasteiger partial charge in [0.05, 0.1) is 16.9 Å². The van der Waals surface area contributed by atoms with Crippen LogP contribution in [0.4, 0.5) is 15.6 Å². The number of rotatable bonds is 6. The Morgan fingerprint density at radius 1 is 1.16 bits per heavy atom. The van der Waals surface area contributed by atoms with Gasteiger partial charge in [0.25, 0.3) is 5.91 Å². The summed E-state index contributed by atoms with van der Waals surface area (Å²) in [6, 6.07) is 6.64. The molecule has 172 valence electrons. The van der Waals surface area contributed by atoms with Crippen LogP contribution in [0.25, 0.3) is 0 Å². The van der Waals surface area contributed by atoms with Crippen molar-refractivity contribution < 1.29 is 9.59 Å². The van der Waals surface area contributed by atoms with Crippen LogP contribution in [0.2, 0.25) is 0 Å². The van der Waals surface area contributed by atoms with Gasteiger partial charge in [0, 0.05) is 37.0 Å². The average molecular weight is 456 g/mol. The Hall–Kier alpha value is -2.45. The predicted molar refractivity (Wildman–Crippen MR) is 129 cm³/mol. The van der Waals surface area contributed by atoms with Gasteiger partial charge < -0.3 is 10.6 Å². The molecule has 1 aliphatic heterocycles. The summed E-state index contributed by atoms with van der Waals surface area (Å²) in [4.78, 5) is 33.5. The number of nitrogens with zero attached hydrogens (tertiary/aromatic N) is 2. The second kappa shape index (κ2) is 10.4. The Kier molecular flexibility index (Phi) is 7.42. The fourth-order valence-corrected chi connectivity index (χ4v) is 5.62. The fourth-order valence-electron chi connectivity index (χ4n) is 4.57. The molecule has 0 saturated heterocycles. The van der Waals surface area contributed by atoms with Gasteiger partial charge in [-0.05, 0) is 44.7 Å². The molecule has 3 N–H and O–H groups in total. The summed E-state index contributed by atoms with van der Waals surface area (Å²) in [5.74, 6) is 0.619. The smallest absolute Gasteiger partial charge is 0.325 e. The number of urea groups is 1. The first-order chi connectivity index (χ1) is 15.5. The van der Waals surface area contributed by atoms with E-state index in [1.54, 1.807) is 35.6 Å². The molecule has 32 heavy (non-hydrogen) atoms. The van der Waals surface area contributed by atoms with Gasteiger partial charge in [-0.25, -0.2) is 9.78 Å². The van der Waals surface area contributed by atoms with E-state index in [1.807, 2.05) is 13.8 Å². The van der Waals surface area contributed by atoms with E-state index in [0.29, 0.717) is 16.4 Å². The molecule has 1 saturated carbocycles. The third kappa shape index (κ3) is 5.86. The summed E-state index contributed by atoms with van der Waals surface area (Å²) in [5.41, 5.74) is 2.01. The molecule has 3 amide bonds. The number of amides is 3. The molecular weight excluding hydrogens is 422 g/mol. The third-order valence-corrected chi connectivity index (χ3v) is 7.11. The fraction of sp³-hybridized carbons (Fsp3) is 0.542. The lowest BCUT2D eigenvalue weighted by Gasteiger charge is -2.31. The van der Waals surface area contributed by atoms with Crippen molar-refractivity contribution in [1.82, 2.24) is 15.2 Å². The van der Waals surface area contributed by atoms with Crippen LogP contribution in [0.1, 0.15) is 66.9 Å². The Labute approximate surface area is 194 Å². The maximum Gasteiger partial charge on any atom is 0.325 e. The van der Waals surface area contributed by atoms with E-state index >= 15 is 0 Å². The molecule has 4 rings (SSSR count). The van der Waals surface area contributed by atoms with Crippen molar-refractivity contribution in [2.75, 3.05) is 23.7 Å². The Morgan fingerprint density at radius 2 is 1.94 bits per heavy atom. The summed E-state index contributed by atoms with van der Waals surface area (Å²) < 4.78 is 0. The Bertz CT molecular complexity index is 952. The lowest BCUT2D eigenvalue weighted by molar-refractivity contribution is 0.0944. The van der Waals surface area contributed by atoms with Crippen molar-refractivity contribution in [3.63, 3.8) is 0 Å². The highest BCUT2D eigenvalue weighted by Crippen LogP contribution is 2.31. The highest BCUT2D eigenvalue weighted by Gasteiger charge is 2.24. The van der Waals surface area contributed by atoms with Crippen LogP contribution in [-0.4, -0.2) is 41.0 Å². The minimum atomic E-state index is -0.389. The number of fused-ring (bicyclic) bond motifs is 1. The minimum absolute atomic E-state index is 0.0173. The maximum atomic E-state index is 12.6. The van der Waals surface area contributed by atoms with Crippen LogP contribution in [0.15, 0.2) is 24.3 Å². The van der Waals surface area contributed by atoms with Crippen molar-refractivity contribution in [3.05, 3.63) is 40.4 Å². The quantitative estimate of drug-likeness (QED) is 0.580. The van der Waals surface area contributed by atoms with Crippen LogP contribution in [0.3, 0.4) is 0 Å². The molecule has 1 fully saturated rings. The predicted octanol–water partition coefficient (Wildman–Crippen LogP) is 4.86. The standard InChI is InChI=1S/C24H33N5O2S/c1-16(2)25-22(30)18-10-6-7-11-19(18)26-23(31)28-24-27-20-12-13-29(15-21(20)32-24)14-17-8-4-3-5-9-17/h6-7,10-11,16-17H,3-5,8-9,12-15H2,1-2H3,(H,25,30)(H2,26,27,28,31). The van der Waals surface area contributed by atoms with Crippen LogP contribution in [0.5, 0.6) is 0 Å². The maximum absolute atomic E-state index is 12.6. The molecule has 2 aliphatic rings. The second-order valence-corrected chi connectivity index (χ2v) is 10.2. The number of nitrogens with one attached hydrogen (secondary N) is 3. The van der Waals surface area contributed by atoms with E-state index in [1.165, 1.54) is 43.5 Å². The Morgan fingerprint density at radius 3 is 2.72 bits per heavy atom. The van der Waals surface area contributed by atoms with Gasteiger partial charge in [-0.1, -0.05) is 31.4 Å². The zero-order valence-corrected chi connectivity index (χ0v) is 19.8. The normalized spacial score (nSPS) is 17.1. The van der Waals surface area contributed by atoms with E-state index in [4.69, 9.17) is 0 Å². The zero-order valence-electron chi connectivity index (χ0n) is 18.9. The van der Waals surface area contributed by atoms with Gasteiger partial charge in [-0.2, -0.15) is 0 Å². The zero-order chi connectivity index (χ0) is 22.5. The minimum Gasteiger partial charge on any atom is -0.350 e. The number of benzene rings is 1. The van der Waals surface area contributed by atoms with E-state index in [9.17, 15) is 9.59 Å². The topological polar surface area (TPSA) is 86.4 Å². The molecule has 1 aromatic heterocycles. The molecule has 0 bridgehead atoms. The first-order valence-corrected chi connectivity index (χ1v) is 12.5. The number of aromatic nitrogens is 1. The number of carbonyl (C=O) groups is 2. The summed E-state index contributed by atoms with van der Waals surface area (Å²) in [6.45, 7) is 6.94. The second-order valence-electron chi connectivity index (χ2n) is 9.13. The molecule has 0 radical (unpaired) electrons. The van der Waals surface area contributed by atoms with Crippen LogP contribution in [-0.2, 0) is 13.0 Å². The first kappa shape index (κ1) is 22.7. The van der Waals surface area contributed by atoms with Gasteiger partial charge in [0.1, 0.15) is 0 Å². The molecule has 0 unspecified atom stereocenters. The number of anilines is 2. The average Bonchev–Trinajstić information content (AvgIpc) is 3.15. The van der Waals surface area contributed by atoms with Crippen molar-refractivity contribution in [2.24, 2.45) is 5.92 Å². The SMILES string of the molecule is CC(C)NC(=O)c1ccccc1NC(=O)Nc1nc2c(s1)CN(CC1CCCCC1)CC2. The van der Waals surface area contributed by atoms with E-state index < -0.39 is 0 Å². The molecule has 0 atom stereocenters. The lowest BCUT2D eigenvalue weighted by atomic mass is 9.88. The first-order valence-electron chi connectivity index (χ1n) is 11.7. The van der Waals surface area contributed by atoms with Crippen molar-refractivity contribution in [3.8, 4) is 0 Å². The van der Waals surface area contributed by atoms with Gasteiger partial charge in [0.15, 0.2) is 5.13 Å². The third-order valence-electron chi connectivity index (χ3n) is 6.11. The summed E-state index contributed by atoms with van der Waals surface area (Å²) in [6.07, 6.45) is 7.77. The molecular formula is C24H33N5O2S. The van der Waals surface area contributed by atoms with Gasteiger partial charge >= 0.3 is 6.03 Å². The number of hydrogen-bond donors (Lipinski definition) is 3. The van der Waals surface area contributed by atoms with Gasteiger partial charge in [-0.15, -0.1) is 11.3 Å². The molecule has 2 heterocycles. The van der Waals surface area contributed by atoms with Crippen molar-refractivity contribution in [2.45, 2.75) is 65.0 Å². The van der Waals surface area contributed by atoms with Crippen molar-refractivity contribution in [1.29, 1.82) is 0 Å². The summed E-state index contributed by atoms with van der Waals surface area (Å²) in [7, 11) is 0. The molecule has 1 aliphatic carbocycles. The Balaban J connectivity index is 1.35. The summed E-state index contributed by atoms with van der Waals surface area (Å²) >= 11 is 1.55.